The predicted molar refractivity (Wildman–Crippen MR) is 97.7 cm³/mol. The lowest BCUT2D eigenvalue weighted by atomic mass is 10.2. The van der Waals surface area contributed by atoms with Gasteiger partial charge in [0.05, 0.1) is 22.4 Å². The van der Waals surface area contributed by atoms with Crippen molar-refractivity contribution < 1.29 is 4.79 Å². The van der Waals surface area contributed by atoms with Crippen molar-refractivity contribution in [1.82, 2.24) is 25.0 Å². The van der Waals surface area contributed by atoms with E-state index in [-0.39, 0.29) is 17.3 Å². The van der Waals surface area contributed by atoms with Crippen LogP contribution >= 0.6 is 0 Å². The minimum Gasteiger partial charge on any atom is -0.320 e. The van der Waals surface area contributed by atoms with Crippen LogP contribution in [-0.2, 0) is 0 Å². The van der Waals surface area contributed by atoms with Crippen molar-refractivity contribution in [3.63, 3.8) is 0 Å². The van der Waals surface area contributed by atoms with Gasteiger partial charge in [-0.25, -0.2) is 4.79 Å². The average molecular weight is 348 g/mol. The van der Waals surface area contributed by atoms with E-state index in [9.17, 15) is 9.59 Å². The van der Waals surface area contributed by atoms with Crippen LogP contribution in [0.1, 0.15) is 21.7 Å². The van der Waals surface area contributed by atoms with E-state index in [1.165, 1.54) is 4.80 Å². The van der Waals surface area contributed by atoms with Gasteiger partial charge < -0.3 is 15.3 Å². The Hall–Kier alpha value is -3.68. The number of aryl methyl sites for hydroxylation is 2. The van der Waals surface area contributed by atoms with Gasteiger partial charge in [-0.15, -0.1) is 5.10 Å². The van der Waals surface area contributed by atoms with Gasteiger partial charge in [0, 0.05) is 5.69 Å². The summed E-state index contributed by atoms with van der Waals surface area (Å²) in [6.07, 6.45) is 0. The molecule has 2 heterocycles. The number of carbonyl (C=O) groups excluding carboxylic acids is 1. The van der Waals surface area contributed by atoms with E-state index < -0.39 is 0 Å². The van der Waals surface area contributed by atoms with Crippen molar-refractivity contribution in [1.29, 1.82) is 0 Å². The zero-order chi connectivity index (χ0) is 18.3. The molecule has 26 heavy (non-hydrogen) atoms. The summed E-state index contributed by atoms with van der Waals surface area (Å²) in [7, 11) is 0. The largest absolute Gasteiger partial charge is 0.323 e. The van der Waals surface area contributed by atoms with E-state index in [1.54, 1.807) is 25.1 Å². The molecule has 1 amide bonds. The monoisotopic (exact) mass is 348 g/mol. The standard InChI is InChI=1S/C18H16N6O2/c1-10-3-6-13(7-4-10)24-22-11(2)16(23-24)17(25)19-12-5-8-14-15(9-12)21-18(26)20-14/h3-9H,1-2H3,(H,19,25)(H2,20,21,26). The smallest absolute Gasteiger partial charge is 0.320 e. The number of fused-ring (bicyclic) bond motifs is 1. The Morgan fingerprint density at radius 3 is 2.50 bits per heavy atom. The fraction of sp³-hybridized carbons (Fsp3) is 0.111. The Morgan fingerprint density at radius 1 is 1.00 bits per heavy atom. The van der Waals surface area contributed by atoms with Gasteiger partial charge in [0.2, 0.25) is 0 Å². The van der Waals surface area contributed by atoms with Gasteiger partial charge >= 0.3 is 5.69 Å². The van der Waals surface area contributed by atoms with E-state index >= 15 is 0 Å². The van der Waals surface area contributed by atoms with E-state index in [1.807, 2.05) is 31.2 Å². The van der Waals surface area contributed by atoms with Crippen molar-refractivity contribution >= 4 is 22.6 Å². The number of hydrogen-bond acceptors (Lipinski definition) is 4. The summed E-state index contributed by atoms with van der Waals surface area (Å²) < 4.78 is 0. The molecule has 0 fully saturated rings. The maximum atomic E-state index is 12.6. The van der Waals surface area contributed by atoms with Crippen LogP contribution in [0.5, 0.6) is 0 Å². The number of anilines is 1. The number of amides is 1. The van der Waals surface area contributed by atoms with Crippen molar-refractivity contribution in [2.45, 2.75) is 13.8 Å². The fourth-order valence-corrected chi connectivity index (χ4v) is 2.68. The summed E-state index contributed by atoms with van der Waals surface area (Å²) in [4.78, 5) is 30.7. The van der Waals surface area contributed by atoms with Crippen LogP contribution in [0, 0.1) is 13.8 Å². The number of imidazole rings is 1. The minimum atomic E-state index is -0.363. The summed E-state index contributed by atoms with van der Waals surface area (Å²) in [5.74, 6) is -0.363. The molecule has 4 aromatic rings. The number of nitrogens with zero attached hydrogens (tertiary/aromatic N) is 3. The maximum Gasteiger partial charge on any atom is 0.323 e. The van der Waals surface area contributed by atoms with Crippen LogP contribution in [0.3, 0.4) is 0 Å². The summed E-state index contributed by atoms with van der Waals surface area (Å²) in [6, 6.07) is 12.8. The lowest BCUT2D eigenvalue weighted by molar-refractivity contribution is 0.102. The third-order valence-electron chi connectivity index (χ3n) is 4.04. The molecular weight excluding hydrogens is 332 g/mol. The molecule has 0 unspecified atom stereocenters. The second kappa shape index (κ2) is 5.99. The first-order chi connectivity index (χ1) is 12.5. The average Bonchev–Trinajstić information content (AvgIpc) is 3.17. The van der Waals surface area contributed by atoms with Crippen LogP contribution in [0.15, 0.2) is 47.3 Å². The number of H-pyrrole nitrogens is 2. The zero-order valence-corrected chi connectivity index (χ0v) is 14.2. The predicted octanol–water partition coefficient (Wildman–Crippen LogP) is 2.31. The van der Waals surface area contributed by atoms with Gasteiger partial charge in [-0.2, -0.15) is 9.90 Å². The highest BCUT2D eigenvalue weighted by atomic mass is 16.2. The van der Waals surface area contributed by atoms with Gasteiger partial charge in [-0.3, -0.25) is 4.79 Å². The maximum absolute atomic E-state index is 12.6. The molecule has 0 aliphatic rings. The van der Waals surface area contributed by atoms with E-state index in [0.717, 1.165) is 11.3 Å². The summed E-state index contributed by atoms with van der Waals surface area (Å²) in [5.41, 5.74) is 4.25. The van der Waals surface area contributed by atoms with Crippen LogP contribution < -0.4 is 11.0 Å². The molecule has 0 aliphatic carbocycles. The van der Waals surface area contributed by atoms with Gasteiger partial charge in [0.25, 0.3) is 5.91 Å². The first-order valence-corrected chi connectivity index (χ1v) is 8.04. The van der Waals surface area contributed by atoms with Crippen molar-refractivity contribution in [3.05, 3.63) is 69.9 Å². The molecule has 0 radical (unpaired) electrons. The van der Waals surface area contributed by atoms with Gasteiger partial charge in [0.15, 0.2) is 5.69 Å². The fourth-order valence-electron chi connectivity index (χ4n) is 2.68. The normalized spacial score (nSPS) is 11.0. The lowest BCUT2D eigenvalue weighted by Crippen LogP contribution is -2.14. The number of aromatic amines is 2. The molecule has 0 spiro atoms. The zero-order valence-electron chi connectivity index (χ0n) is 14.2. The van der Waals surface area contributed by atoms with Gasteiger partial charge in [-0.1, -0.05) is 17.7 Å². The third kappa shape index (κ3) is 2.88. The van der Waals surface area contributed by atoms with Crippen LogP contribution in [0.2, 0.25) is 0 Å². The third-order valence-corrected chi connectivity index (χ3v) is 4.04. The second-order valence-corrected chi connectivity index (χ2v) is 6.05. The first kappa shape index (κ1) is 15.8. The Balaban J connectivity index is 1.61. The Bertz CT molecular complexity index is 1170. The SMILES string of the molecule is Cc1ccc(-n2nc(C)c(C(=O)Nc3ccc4[nH]c(=O)[nH]c4c3)n2)cc1. The van der Waals surface area contributed by atoms with Crippen LogP contribution in [0.25, 0.3) is 16.7 Å². The molecule has 0 saturated carbocycles. The van der Waals surface area contributed by atoms with Crippen molar-refractivity contribution in [3.8, 4) is 5.69 Å². The molecule has 8 nitrogen and oxygen atoms in total. The number of nitrogens with one attached hydrogen (secondary N) is 3. The number of carbonyl (C=O) groups is 1. The molecule has 0 saturated heterocycles. The Morgan fingerprint density at radius 2 is 1.73 bits per heavy atom. The van der Waals surface area contributed by atoms with Crippen LogP contribution in [0.4, 0.5) is 5.69 Å². The highest BCUT2D eigenvalue weighted by molar-refractivity contribution is 6.04. The minimum absolute atomic E-state index is 0.244. The Kier molecular flexibility index (Phi) is 3.65. The van der Waals surface area contributed by atoms with E-state index in [4.69, 9.17) is 0 Å². The molecule has 0 bridgehead atoms. The van der Waals surface area contributed by atoms with E-state index in [0.29, 0.717) is 22.4 Å². The summed E-state index contributed by atoms with van der Waals surface area (Å²) in [5, 5.41) is 11.4. The van der Waals surface area contributed by atoms with E-state index in [2.05, 4.69) is 25.5 Å². The summed E-state index contributed by atoms with van der Waals surface area (Å²) >= 11 is 0. The number of hydrogen-bond donors (Lipinski definition) is 3. The molecule has 8 heteroatoms. The quantitative estimate of drug-likeness (QED) is 0.528. The first-order valence-electron chi connectivity index (χ1n) is 8.04. The van der Waals surface area contributed by atoms with Gasteiger partial charge in [-0.05, 0) is 44.2 Å². The highest BCUT2D eigenvalue weighted by Gasteiger charge is 2.17. The lowest BCUT2D eigenvalue weighted by Gasteiger charge is -2.03. The van der Waals surface area contributed by atoms with Crippen molar-refractivity contribution in [2.75, 3.05) is 5.32 Å². The van der Waals surface area contributed by atoms with Crippen LogP contribution in [-0.4, -0.2) is 30.9 Å². The van der Waals surface area contributed by atoms with Crippen molar-refractivity contribution in [2.24, 2.45) is 0 Å². The molecular formula is C18H16N6O2. The molecule has 0 atom stereocenters. The summed E-state index contributed by atoms with van der Waals surface area (Å²) in [6.45, 7) is 3.73. The second-order valence-electron chi connectivity index (χ2n) is 6.05. The molecule has 3 N–H and O–H groups in total. The highest BCUT2D eigenvalue weighted by Crippen LogP contribution is 2.16. The number of aromatic nitrogens is 5. The molecule has 4 rings (SSSR count). The molecule has 2 aromatic carbocycles. The van der Waals surface area contributed by atoms with Gasteiger partial charge in [0.1, 0.15) is 0 Å². The topological polar surface area (TPSA) is 108 Å². The molecule has 0 aliphatic heterocycles. The number of benzene rings is 2. The molecule has 130 valence electrons. The molecule has 2 aromatic heterocycles. The number of rotatable bonds is 3. The Labute approximate surface area is 147 Å².